The van der Waals surface area contributed by atoms with Gasteiger partial charge in [-0.3, -0.25) is 9.59 Å². The normalized spacial score (nSPS) is 19.6. The summed E-state index contributed by atoms with van der Waals surface area (Å²) < 4.78 is 16.6. The predicted octanol–water partition coefficient (Wildman–Crippen LogP) is 13.2. The second-order valence-corrected chi connectivity index (χ2v) is 20.0. The number of esters is 1. The van der Waals surface area contributed by atoms with E-state index in [-0.39, 0.29) is 18.5 Å². The first-order chi connectivity index (χ1) is 35.2. The van der Waals surface area contributed by atoms with Gasteiger partial charge in [-0.25, -0.2) is 0 Å². The van der Waals surface area contributed by atoms with E-state index in [0.717, 1.165) is 89.9 Å². The summed E-state index contributed by atoms with van der Waals surface area (Å²) in [6.45, 7) is 4.10. The summed E-state index contributed by atoms with van der Waals surface area (Å²) in [7, 11) is 0. The molecule has 6 N–H and O–H groups in total. The molecule has 0 radical (unpaired) electrons. The number of aliphatic hydroxyl groups is 5. The van der Waals surface area contributed by atoms with Crippen molar-refractivity contribution in [2.24, 2.45) is 0 Å². The highest BCUT2D eigenvalue weighted by molar-refractivity contribution is 5.76. The number of carbonyl (C=O) groups is 2. The topological polar surface area (TPSA) is 175 Å². The van der Waals surface area contributed by atoms with E-state index >= 15 is 0 Å². The Labute approximate surface area is 439 Å². The Hall–Kier alpha value is -2.90. The van der Waals surface area contributed by atoms with E-state index in [9.17, 15) is 35.1 Å². The van der Waals surface area contributed by atoms with E-state index in [1.54, 1.807) is 6.08 Å². The van der Waals surface area contributed by atoms with E-state index in [0.29, 0.717) is 19.4 Å². The maximum Gasteiger partial charge on any atom is 0.305 e. The van der Waals surface area contributed by atoms with E-state index in [1.807, 2.05) is 6.08 Å². The van der Waals surface area contributed by atoms with Gasteiger partial charge in [-0.05, 0) is 89.9 Å². The number of amides is 1. The van der Waals surface area contributed by atoms with Gasteiger partial charge in [0, 0.05) is 12.8 Å². The van der Waals surface area contributed by atoms with Gasteiger partial charge in [0.05, 0.1) is 32.0 Å². The summed E-state index contributed by atoms with van der Waals surface area (Å²) in [5, 5.41) is 54.1. The van der Waals surface area contributed by atoms with Gasteiger partial charge in [-0.2, -0.15) is 0 Å². The highest BCUT2D eigenvalue weighted by Gasteiger charge is 2.44. The lowest BCUT2D eigenvalue weighted by molar-refractivity contribution is -0.302. The van der Waals surface area contributed by atoms with Crippen molar-refractivity contribution in [3.05, 3.63) is 72.9 Å². The quantitative estimate of drug-likeness (QED) is 0.0195. The predicted molar refractivity (Wildman–Crippen MR) is 296 cm³/mol. The molecule has 0 spiro atoms. The van der Waals surface area contributed by atoms with Crippen LogP contribution in [0.15, 0.2) is 72.9 Å². The number of hydrogen-bond donors (Lipinski definition) is 6. The molecule has 72 heavy (non-hydrogen) atoms. The zero-order chi connectivity index (χ0) is 52.4. The fourth-order valence-electron chi connectivity index (χ4n) is 8.60. The molecule has 1 amide bonds. The molecule has 7 unspecified atom stereocenters. The lowest BCUT2D eigenvalue weighted by Crippen LogP contribution is -2.60. The average Bonchev–Trinajstić information content (AvgIpc) is 3.38. The number of nitrogens with one attached hydrogen (secondary N) is 1. The van der Waals surface area contributed by atoms with Gasteiger partial charge in [0.15, 0.2) is 6.29 Å². The van der Waals surface area contributed by atoms with Crippen LogP contribution in [0, 0.1) is 0 Å². The number of allylic oxidation sites excluding steroid dienone is 10. The van der Waals surface area contributed by atoms with Crippen LogP contribution in [-0.4, -0.2) is 100 Å². The monoisotopic (exact) mass is 1010 g/mol. The number of carbonyl (C=O) groups excluding carboxylic acids is 2. The number of unbranched alkanes of at least 4 members (excludes halogenated alkanes) is 25. The molecule has 0 bridgehead atoms. The third-order valence-electron chi connectivity index (χ3n) is 13.3. The van der Waals surface area contributed by atoms with E-state index in [2.05, 4.69) is 79.9 Å². The number of ether oxygens (including phenoxy) is 3. The maximum absolute atomic E-state index is 13.0. The third kappa shape index (κ3) is 39.5. The van der Waals surface area contributed by atoms with E-state index < -0.39 is 49.5 Å². The minimum absolute atomic E-state index is 0.0648. The van der Waals surface area contributed by atoms with Crippen molar-refractivity contribution in [1.82, 2.24) is 5.32 Å². The van der Waals surface area contributed by atoms with Gasteiger partial charge < -0.3 is 45.1 Å². The van der Waals surface area contributed by atoms with Crippen molar-refractivity contribution >= 4 is 11.9 Å². The highest BCUT2D eigenvalue weighted by Crippen LogP contribution is 2.23. The molecular weight excluding hydrogens is 907 g/mol. The molecule has 11 nitrogen and oxygen atoms in total. The molecule has 1 aliphatic rings. The molecule has 1 heterocycles. The number of hydrogen-bond acceptors (Lipinski definition) is 10. The zero-order valence-electron chi connectivity index (χ0n) is 45.6. The van der Waals surface area contributed by atoms with Gasteiger partial charge in [0.2, 0.25) is 5.91 Å². The largest absolute Gasteiger partial charge is 0.465 e. The van der Waals surface area contributed by atoms with E-state index in [1.165, 1.54) is 122 Å². The van der Waals surface area contributed by atoms with Gasteiger partial charge in [0.25, 0.3) is 0 Å². The molecule has 0 aromatic heterocycles. The van der Waals surface area contributed by atoms with Crippen LogP contribution in [0.5, 0.6) is 0 Å². The van der Waals surface area contributed by atoms with Crippen molar-refractivity contribution in [2.75, 3.05) is 19.8 Å². The molecule has 1 rings (SSSR count). The maximum atomic E-state index is 13.0. The van der Waals surface area contributed by atoms with Crippen LogP contribution >= 0.6 is 0 Å². The van der Waals surface area contributed by atoms with Crippen LogP contribution in [0.4, 0.5) is 0 Å². The summed E-state index contributed by atoms with van der Waals surface area (Å²) in [5.41, 5.74) is 0. The molecular formula is C61H107NO10. The van der Waals surface area contributed by atoms with Crippen molar-refractivity contribution in [3.63, 3.8) is 0 Å². The fourth-order valence-corrected chi connectivity index (χ4v) is 8.60. The summed E-state index contributed by atoms with van der Waals surface area (Å²) in [6, 6.07) is -0.832. The Morgan fingerprint density at radius 2 is 0.958 bits per heavy atom. The minimum Gasteiger partial charge on any atom is -0.465 e. The first-order valence-electron chi connectivity index (χ1n) is 29.2. The average molecular weight is 1010 g/mol. The first-order valence-corrected chi connectivity index (χ1v) is 29.2. The van der Waals surface area contributed by atoms with Gasteiger partial charge >= 0.3 is 5.97 Å². The van der Waals surface area contributed by atoms with Gasteiger partial charge in [-0.15, -0.1) is 0 Å². The first kappa shape index (κ1) is 67.1. The van der Waals surface area contributed by atoms with Crippen molar-refractivity contribution in [2.45, 2.75) is 281 Å². The van der Waals surface area contributed by atoms with Crippen molar-refractivity contribution in [1.29, 1.82) is 0 Å². The lowest BCUT2D eigenvalue weighted by atomic mass is 9.99. The van der Waals surface area contributed by atoms with Crippen LogP contribution in [0.1, 0.15) is 239 Å². The molecule has 0 aliphatic carbocycles. The fraction of sp³-hybridized carbons (Fsp3) is 0.770. The SMILES string of the molecule is CCCC/C=C\C/C=C\CCCCCCCC(=O)OCC/C=C\C/C=C\CCCCCCCCCCCCCCCCC(=O)NC(COC1OC(CO)C(O)C(O)C1O)C(O)/C=C/CC/C=C/CCCCC. The molecule has 1 saturated heterocycles. The molecule has 1 fully saturated rings. The Bertz CT molecular complexity index is 1430. The lowest BCUT2D eigenvalue weighted by Gasteiger charge is -2.40. The Morgan fingerprint density at radius 1 is 0.514 bits per heavy atom. The summed E-state index contributed by atoms with van der Waals surface area (Å²) in [5.74, 6) is -0.266. The Kier molecular flexibility index (Phi) is 46.9. The van der Waals surface area contributed by atoms with Crippen LogP contribution in [0.25, 0.3) is 0 Å². The molecule has 1 aliphatic heterocycles. The van der Waals surface area contributed by atoms with Crippen LogP contribution in [0.3, 0.4) is 0 Å². The highest BCUT2D eigenvalue weighted by atomic mass is 16.7. The van der Waals surface area contributed by atoms with Crippen LogP contribution in [-0.2, 0) is 23.8 Å². The molecule has 0 aromatic rings. The molecule has 0 aromatic carbocycles. The third-order valence-corrected chi connectivity index (χ3v) is 13.3. The summed E-state index contributed by atoms with van der Waals surface area (Å²) in [4.78, 5) is 25.0. The zero-order valence-corrected chi connectivity index (χ0v) is 45.6. The summed E-state index contributed by atoms with van der Waals surface area (Å²) >= 11 is 0. The minimum atomic E-state index is -1.58. The second kappa shape index (κ2) is 50.3. The summed E-state index contributed by atoms with van der Waals surface area (Å²) in [6.07, 6.45) is 56.0. The Morgan fingerprint density at radius 3 is 1.50 bits per heavy atom. The standard InChI is InChI=1S/C61H107NO10/c1-3-5-7-9-11-13-14-15-26-29-33-37-41-45-49-57(66)70-50-46-42-38-34-30-27-24-22-20-18-16-17-19-21-23-25-28-32-36-40-44-48-56(65)62-53(54(64)47-43-39-35-31-12-10-8-6-4-2)52-71-61-60(69)59(68)58(67)55(51-63)72-61/h9,11-12,14-15,27,30-31,38,42-43,47,53-55,58-61,63-64,67-69H,3-8,10,13,16-26,28-29,32-37,39-41,44-46,48-52H2,1-2H3,(H,62,65)/b11-9-,15-14-,30-27-,31-12+,42-38-,47-43+. The van der Waals surface area contributed by atoms with Crippen molar-refractivity contribution in [3.8, 4) is 0 Å². The van der Waals surface area contributed by atoms with Crippen LogP contribution in [0.2, 0.25) is 0 Å². The molecule has 0 saturated carbocycles. The smallest absolute Gasteiger partial charge is 0.305 e. The van der Waals surface area contributed by atoms with Crippen LogP contribution < -0.4 is 5.32 Å². The van der Waals surface area contributed by atoms with E-state index in [4.69, 9.17) is 14.2 Å². The van der Waals surface area contributed by atoms with Gasteiger partial charge in [0.1, 0.15) is 24.4 Å². The molecule has 7 atom stereocenters. The molecule has 416 valence electrons. The second-order valence-electron chi connectivity index (χ2n) is 20.0. The number of rotatable bonds is 49. The number of aliphatic hydroxyl groups excluding tert-OH is 5. The van der Waals surface area contributed by atoms with Gasteiger partial charge in [-0.1, -0.05) is 209 Å². The van der Waals surface area contributed by atoms with Crippen molar-refractivity contribution < 1.29 is 49.3 Å². The Balaban J connectivity index is 2.05. The molecule has 11 heteroatoms.